The molecule has 3 saturated heterocycles. The molecule has 2 bridgehead atoms. The van der Waals surface area contributed by atoms with Crippen LogP contribution >= 0.6 is 34.4 Å². The van der Waals surface area contributed by atoms with Crippen LogP contribution in [0.4, 0.5) is 0 Å². The van der Waals surface area contributed by atoms with Crippen molar-refractivity contribution in [2.45, 2.75) is 40.3 Å². The lowest BCUT2D eigenvalue weighted by Crippen LogP contribution is -2.62. The average Bonchev–Trinajstić information content (AvgIpc) is 3.28. The SMILES string of the molecule is COc1ccc(Sc2ccc(C(=O)NC3C4CCN(CC4)C3C)s2)s1. The van der Waals surface area contributed by atoms with E-state index in [0.29, 0.717) is 12.0 Å². The molecule has 5 heterocycles. The molecule has 3 fully saturated rings. The zero-order valence-corrected chi connectivity index (χ0v) is 16.8. The van der Waals surface area contributed by atoms with Crippen molar-refractivity contribution >= 4 is 40.3 Å². The van der Waals surface area contributed by atoms with Gasteiger partial charge in [-0.25, -0.2) is 0 Å². The number of nitrogens with one attached hydrogen (secondary N) is 1. The smallest absolute Gasteiger partial charge is 0.261 e. The number of carbonyl (C=O) groups excluding carboxylic acids is 1. The summed E-state index contributed by atoms with van der Waals surface area (Å²) in [6.07, 6.45) is 2.42. The van der Waals surface area contributed by atoms with Crippen molar-refractivity contribution in [3.05, 3.63) is 29.1 Å². The van der Waals surface area contributed by atoms with Gasteiger partial charge in [-0.1, -0.05) is 23.1 Å². The summed E-state index contributed by atoms with van der Waals surface area (Å²) in [7, 11) is 1.68. The third-order valence-corrected chi connectivity index (χ3v) is 8.63. The highest BCUT2D eigenvalue weighted by Gasteiger charge is 2.40. The lowest BCUT2D eigenvalue weighted by atomic mass is 9.79. The number of fused-ring (bicyclic) bond motifs is 3. The third-order valence-electron chi connectivity index (χ3n) is 5.24. The first kappa shape index (κ1) is 17.4. The van der Waals surface area contributed by atoms with Crippen molar-refractivity contribution in [3.63, 3.8) is 0 Å². The number of amides is 1. The standard InChI is InChI=1S/C18H22N2O2S3/c1-11-17(12-7-9-20(11)10-8-12)19-18(21)13-3-5-15(23-13)25-16-6-4-14(22-2)24-16/h3-6,11-12,17H,7-10H2,1-2H3,(H,19,21). The van der Waals surface area contributed by atoms with Crippen molar-refractivity contribution < 1.29 is 9.53 Å². The molecule has 3 aliphatic rings. The molecule has 2 unspecified atom stereocenters. The predicted octanol–water partition coefficient (Wildman–Crippen LogP) is 4.18. The van der Waals surface area contributed by atoms with Crippen molar-refractivity contribution in [3.8, 4) is 5.06 Å². The Morgan fingerprint density at radius 2 is 1.92 bits per heavy atom. The van der Waals surface area contributed by atoms with Gasteiger partial charge in [0.2, 0.25) is 0 Å². The Morgan fingerprint density at radius 3 is 2.60 bits per heavy atom. The molecule has 5 rings (SSSR count). The molecule has 25 heavy (non-hydrogen) atoms. The Balaban J connectivity index is 1.40. The first-order chi connectivity index (χ1) is 12.1. The van der Waals surface area contributed by atoms with E-state index in [0.717, 1.165) is 14.1 Å². The second-order valence-corrected chi connectivity index (χ2v) is 10.3. The third kappa shape index (κ3) is 3.60. The number of ether oxygens (including phenoxy) is 1. The maximum absolute atomic E-state index is 12.7. The van der Waals surface area contributed by atoms with E-state index in [4.69, 9.17) is 4.74 Å². The summed E-state index contributed by atoms with van der Waals surface area (Å²) < 4.78 is 7.55. The van der Waals surface area contributed by atoms with Gasteiger partial charge in [-0.05, 0) is 63.0 Å². The summed E-state index contributed by atoms with van der Waals surface area (Å²) in [5, 5.41) is 4.22. The van der Waals surface area contributed by atoms with Crippen LogP contribution in [0.25, 0.3) is 0 Å². The highest BCUT2D eigenvalue weighted by Crippen LogP contribution is 2.39. The van der Waals surface area contributed by atoms with Crippen molar-refractivity contribution in [2.75, 3.05) is 20.2 Å². The van der Waals surface area contributed by atoms with E-state index in [1.807, 2.05) is 18.2 Å². The van der Waals surface area contributed by atoms with Gasteiger partial charge in [0, 0.05) is 12.1 Å². The number of thiophene rings is 2. The Labute approximate surface area is 160 Å². The van der Waals surface area contributed by atoms with Crippen LogP contribution in [0.2, 0.25) is 0 Å². The molecule has 1 amide bonds. The molecule has 0 saturated carbocycles. The van der Waals surface area contributed by atoms with Gasteiger partial charge in [-0.3, -0.25) is 9.69 Å². The van der Waals surface area contributed by atoms with Crippen molar-refractivity contribution in [1.29, 1.82) is 0 Å². The minimum absolute atomic E-state index is 0.0752. The topological polar surface area (TPSA) is 41.6 Å². The van der Waals surface area contributed by atoms with Crippen LogP contribution < -0.4 is 10.1 Å². The molecule has 2 atom stereocenters. The predicted molar refractivity (Wildman–Crippen MR) is 104 cm³/mol. The number of hydrogen-bond donors (Lipinski definition) is 1. The Hall–Kier alpha value is -1.02. The first-order valence-corrected chi connectivity index (χ1v) is 11.1. The van der Waals surface area contributed by atoms with E-state index in [-0.39, 0.29) is 11.9 Å². The lowest BCUT2D eigenvalue weighted by Gasteiger charge is -2.49. The molecule has 134 valence electrons. The number of methoxy groups -OCH3 is 1. The van der Waals surface area contributed by atoms with Gasteiger partial charge >= 0.3 is 0 Å². The molecule has 7 heteroatoms. The molecule has 2 aromatic heterocycles. The second kappa shape index (κ2) is 7.31. The number of rotatable bonds is 5. The maximum atomic E-state index is 12.7. The quantitative estimate of drug-likeness (QED) is 0.826. The largest absolute Gasteiger partial charge is 0.487 e. The van der Waals surface area contributed by atoms with Crippen LogP contribution in [0.5, 0.6) is 5.06 Å². The highest BCUT2D eigenvalue weighted by molar-refractivity contribution is 8.02. The molecule has 0 radical (unpaired) electrons. The van der Waals surface area contributed by atoms with Crippen molar-refractivity contribution in [1.82, 2.24) is 10.2 Å². The van der Waals surface area contributed by atoms with Crippen LogP contribution in [0, 0.1) is 5.92 Å². The number of piperidine rings is 3. The van der Waals surface area contributed by atoms with Crippen LogP contribution in [0.15, 0.2) is 32.7 Å². The molecule has 4 nitrogen and oxygen atoms in total. The zero-order chi connectivity index (χ0) is 17.4. The molecular weight excluding hydrogens is 372 g/mol. The summed E-state index contributed by atoms with van der Waals surface area (Å²) in [5.74, 6) is 0.711. The minimum atomic E-state index is 0.0752. The lowest BCUT2D eigenvalue weighted by molar-refractivity contribution is 0.0218. The van der Waals surface area contributed by atoms with Crippen LogP contribution in [0.1, 0.15) is 29.4 Å². The summed E-state index contributed by atoms with van der Waals surface area (Å²) in [6, 6.07) is 8.75. The van der Waals surface area contributed by atoms with Gasteiger partial charge in [0.25, 0.3) is 5.91 Å². The maximum Gasteiger partial charge on any atom is 0.261 e. The van der Waals surface area contributed by atoms with Crippen molar-refractivity contribution in [2.24, 2.45) is 5.92 Å². The Bertz CT molecular complexity index is 747. The van der Waals surface area contributed by atoms with Gasteiger partial charge < -0.3 is 10.1 Å². The fourth-order valence-electron chi connectivity index (χ4n) is 3.83. The molecule has 0 aliphatic carbocycles. The highest BCUT2D eigenvalue weighted by atomic mass is 32.2. The number of nitrogens with zero attached hydrogens (tertiary/aromatic N) is 1. The summed E-state index contributed by atoms with van der Waals surface area (Å²) in [4.78, 5) is 16.0. The van der Waals surface area contributed by atoms with Crippen LogP contribution in [0.3, 0.4) is 0 Å². The number of carbonyl (C=O) groups is 1. The Morgan fingerprint density at radius 1 is 1.20 bits per heavy atom. The average molecular weight is 395 g/mol. The van der Waals surface area contributed by atoms with E-state index in [1.54, 1.807) is 41.5 Å². The summed E-state index contributed by atoms with van der Waals surface area (Å²) in [5.41, 5.74) is 0. The van der Waals surface area contributed by atoms with Crippen LogP contribution in [-0.4, -0.2) is 43.1 Å². The van der Waals surface area contributed by atoms with Gasteiger partial charge in [0.15, 0.2) is 5.06 Å². The fraction of sp³-hybridized carbons (Fsp3) is 0.500. The minimum Gasteiger partial charge on any atom is -0.487 e. The normalized spacial score (nSPS) is 28.1. The van der Waals surface area contributed by atoms with E-state index in [1.165, 1.54) is 30.1 Å². The van der Waals surface area contributed by atoms with E-state index in [9.17, 15) is 4.79 Å². The summed E-state index contributed by atoms with van der Waals surface area (Å²) >= 11 is 4.88. The summed E-state index contributed by atoms with van der Waals surface area (Å²) in [6.45, 7) is 4.61. The molecule has 0 spiro atoms. The van der Waals surface area contributed by atoms with E-state index in [2.05, 4.69) is 23.2 Å². The first-order valence-electron chi connectivity index (χ1n) is 8.60. The Kier molecular flexibility index (Phi) is 5.08. The monoisotopic (exact) mass is 394 g/mol. The van der Waals surface area contributed by atoms with E-state index >= 15 is 0 Å². The van der Waals surface area contributed by atoms with Gasteiger partial charge in [0.05, 0.1) is 20.4 Å². The molecule has 3 aliphatic heterocycles. The van der Waals surface area contributed by atoms with Gasteiger partial charge in [0.1, 0.15) is 0 Å². The van der Waals surface area contributed by atoms with Gasteiger partial charge in [-0.15, -0.1) is 11.3 Å². The zero-order valence-electron chi connectivity index (χ0n) is 14.4. The molecule has 1 N–H and O–H groups in total. The van der Waals surface area contributed by atoms with Crippen LogP contribution in [-0.2, 0) is 0 Å². The van der Waals surface area contributed by atoms with Gasteiger partial charge in [-0.2, -0.15) is 0 Å². The second-order valence-electron chi connectivity index (χ2n) is 6.61. The number of hydrogen-bond acceptors (Lipinski definition) is 6. The fourth-order valence-corrected chi connectivity index (χ4v) is 7.04. The molecule has 0 aromatic carbocycles. The molecule has 2 aromatic rings. The van der Waals surface area contributed by atoms with E-state index < -0.39 is 0 Å². The molecular formula is C18H22N2O2S3.